The summed E-state index contributed by atoms with van der Waals surface area (Å²) >= 11 is 0. The lowest BCUT2D eigenvalue weighted by Crippen LogP contribution is -1.92. The molecule has 0 aliphatic rings. The summed E-state index contributed by atoms with van der Waals surface area (Å²) in [7, 11) is 0. The van der Waals surface area contributed by atoms with Crippen LogP contribution in [0.4, 0.5) is 0 Å². The van der Waals surface area contributed by atoms with Gasteiger partial charge < -0.3 is 0 Å². The molecule has 0 heteroatoms. The van der Waals surface area contributed by atoms with Crippen molar-refractivity contribution in [1.82, 2.24) is 0 Å². The average molecular weight is 735 g/mol. The van der Waals surface area contributed by atoms with Crippen LogP contribution in [0.3, 0.4) is 0 Å². The van der Waals surface area contributed by atoms with E-state index in [1.54, 1.807) is 0 Å². The van der Waals surface area contributed by atoms with Crippen LogP contribution in [0, 0.1) is 0 Å². The molecule has 0 atom stereocenters. The fourth-order valence-corrected chi connectivity index (χ4v) is 9.04. The molecule has 0 N–H and O–H groups in total. The van der Waals surface area contributed by atoms with Gasteiger partial charge in [-0.25, -0.2) is 0 Å². The third kappa shape index (κ3) is 5.95. The zero-order chi connectivity index (χ0) is 38.4. The first kappa shape index (κ1) is 33.8. The Kier molecular flexibility index (Phi) is 8.26. The molecule has 11 aromatic carbocycles. The molecule has 0 aromatic heterocycles. The summed E-state index contributed by atoms with van der Waals surface area (Å²) in [5.74, 6) is 0. The van der Waals surface area contributed by atoms with Crippen molar-refractivity contribution in [2.45, 2.75) is 0 Å². The minimum absolute atomic E-state index is 1.18. The molecule has 0 bridgehead atoms. The minimum Gasteiger partial charge on any atom is -0.0622 e. The number of hydrogen-bond donors (Lipinski definition) is 0. The Morgan fingerprint density at radius 1 is 0.224 bits per heavy atom. The minimum atomic E-state index is 1.18. The summed E-state index contributed by atoms with van der Waals surface area (Å²) in [6.45, 7) is 0. The Labute approximate surface area is 338 Å². The second kappa shape index (κ2) is 14.2. The summed E-state index contributed by atoms with van der Waals surface area (Å²) in [5.41, 5.74) is 12.2. The van der Waals surface area contributed by atoms with E-state index in [1.165, 1.54) is 109 Å². The first-order chi connectivity index (χ1) is 28.7. The van der Waals surface area contributed by atoms with Gasteiger partial charge in [0.15, 0.2) is 0 Å². The lowest BCUT2D eigenvalue weighted by Gasteiger charge is -2.20. The molecule has 0 aliphatic carbocycles. The highest BCUT2D eigenvalue weighted by molar-refractivity contribution is 6.23. The molecule has 0 saturated carbocycles. The van der Waals surface area contributed by atoms with Crippen molar-refractivity contribution in [3.63, 3.8) is 0 Å². The van der Waals surface area contributed by atoms with Gasteiger partial charge in [0.2, 0.25) is 0 Å². The van der Waals surface area contributed by atoms with Crippen LogP contribution in [0.15, 0.2) is 218 Å². The first-order valence-corrected chi connectivity index (χ1v) is 20.1. The molecule has 0 amide bonds. The van der Waals surface area contributed by atoms with Gasteiger partial charge in [-0.15, -0.1) is 0 Å². The Morgan fingerprint density at radius 2 is 0.672 bits per heavy atom. The fourth-order valence-electron chi connectivity index (χ4n) is 9.04. The van der Waals surface area contributed by atoms with Crippen molar-refractivity contribution in [2.75, 3.05) is 0 Å². The zero-order valence-corrected chi connectivity index (χ0v) is 31.9. The van der Waals surface area contributed by atoms with Gasteiger partial charge in [-0.3, -0.25) is 0 Å². The van der Waals surface area contributed by atoms with Crippen molar-refractivity contribution in [3.8, 4) is 44.5 Å². The van der Waals surface area contributed by atoms with E-state index in [1.807, 2.05) is 0 Å². The lowest BCUT2D eigenvalue weighted by atomic mass is 9.83. The number of benzene rings is 11. The maximum absolute atomic E-state index is 2.45. The van der Waals surface area contributed by atoms with Gasteiger partial charge in [0.05, 0.1) is 0 Å². The quantitative estimate of drug-likeness (QED) is 0.118. The van der Waals surface area contributed by atoms with E-state index in [0.29, 0.717) is 0 Å². The monoisotopic (exact) mass is 734 g/mol. The number of rotatable bonds is 6. The van der Waals surface area contributed by atoms with Crippen molar-refractivity contribution in [3.05, 3.63) is 230 Å². The van der Waals surface area contributed by atoms with Crippen LogP contribution in [0.25, 0.3) is 111 Å². The predicted octanol–water partition coefficient (Wildman–Crippen LogP) is 16.3. The highest BCUT2D eigenvalue weighted by Crippen LogP contribution is 2.46. The third-order valence-corrected chi connectivity index (χ3v) is 11.8. The van der Waals surface area contributed by atoms with Gasteiger partial charge in [0.1, 0.15) is 0 Å². The Morgan fingerprint density at radius 3 is 1.31 bits per heavy atom. The van der Waals surface area contributed by atoms with Crippen molar-refractivity contribution in [1.29, 1.82) is 0 Å². The second-order valence-corrected chi connectivity index (χ2v) is 15.3. The zero-order valence-electron chi connectivity index (χ0n) is 31.9. The van der Waals surface area contributed by atoms with Crippen molar-refractivity contribution >= 4 is 66.0 Å². The molecule has 11 aromatic rings. The van der Waals surface area contributed by atoms with Gasteiger partial charge in [0.25, 0.3) is 0 Å². The Bertz CT molecular complexity index is 3380. The summed E-state index contributed by atoms with van der Waals surface area (Å²) in [6, 6.07) is 80.2. The maximum atomic E-state index is 2.45. The lowest BCUT2D eigenvalue weighted by molar-refractivity contribution is 1.61. The normalized spacial score (nSPS) is 11.7. The predicted molar refractivity (Wildman–Crippen MR) is 251 cm³/mol. The summed E-state index contributed by atoms with van der Waals surface area (Å²) in [4.78, 5) is 0. The molecular weight excluding hydrogens is 697 g/mol. The molecule has 0 radical (unpaired) electrons. The summed E-state index contributed by atoms with van der Waals surface area (Å²) < 4.78 is 0. The maximum Gasteiger partial charge on any atom is -0.00259 e. The molecule has 0 spiro atoms. The molecule has 0 nitrogen and oxygen atoms in total. The number of fused-ring (bicyclic) bond motifs is 5. The molecule has 0 aliphatic heterocycles. The molecule has 11 rings (SSSR count). The molecule has 270 valence electrons. The van der Waals surface area contributed by atoms with Crippen molar-refractivity contribution in [2.24, 2.45) is 0 Å². The van der Waals surface area contributed by atoms with E-state index in [9.17, 15) is 0 Å². The van der Waals surface area contributed by atoms with E-state index in [-0.39, 0.29) is 0 Å². The van der Waals surface area contributed by atoms with Crippen molar-refractivity contribution < 1.29 is 0 Å². The third-order valence-electron chi connectivity index (χ3n) is 11.8. The van der Waals surface area contributed by atoms with Crippen LogP contribution in [-0.2, 0) is 0 Å². The molecule has 0 fully saturated rings. The highest BCUT2D eigenvalue weighted by atomic mass is 14.2. The first-order valence-electron chi connectivity index (χ1n) is 20.1. The van der Waals surface area contributed by atoms with E-state index in [4.69, 9.17) is 0 Å². The molecule has 58 heavy (non-hydrogen) atoms. The highest BCUT2D eigenvalue weighted by Gasteiger charge is 2.19. The van der Waals surface area contributed by atoms with E-state index in [2.05, 4.69) is 231 Å². The topological polar surface area (TPSA) is 0 Å². The largest absolute Gasteiger partial charge is 0.0622 e. The van der Waals surface area contributed by atoms with E-state index in [0.717, 1.165) is 0 Å². The van der Waals surface area contributed by atoms with Crippen LogP contribution >= 0.6 is 0 Å². The van der Waals surface area contributed by atoms with Crippen LogP contribution in [0.5, 0.6) is 0 Å². The Balaban J connectivity index is 1.13. The molecular formula is C58H38. The van der Waals surface area contributed by atoms with Gasteiger partial charge in [-0.05, 0) is 134 Å². The van der Waals surface area contributed by atoms with Gasteiger partial charge in [-0.1, -0.05) is 206 Å². The smallest absolute Gasteiger partial charge is 0.00259 e. The standard InChI is InChI=1S/C58H38/c1-2-13-39(14-3-1)27-28-40-15-10-20-45(35-40)49-23-11-26-52-50(24-12-25-51(49)52)46-33-34-55-56(38-46)58(48-32-30-42-17-5-7-19-44(42)37-48)54-22-9-8-21-53(54)57(55)47-31-29-41-16-4-6-18-43(41)36-47/h1-38H. The fraction of sp³-hybridized carbons (Fsp3) is 0. The Hall–Kier alpha value is -7.54. The molecule has 0 unspecified atom stereocenters. The second-order valence-electron chi connectivity index (χ2n) is 15.3. The molecule has 0 saturated heterocycles. The van der Waals surface area contributed by atoms with Crippen LogP contribution in [0.2, 0.25) is 0 Å². The van der Waals surface area contributed by atoms with Gasteiger partial charge >= 0.3 is 0 Å². The van der Waals surface area contributed by atoms with E-state index < -0.39 is 0 Å². The summed E-state index contributed by atoms with van der Waals surface area (Å²) in [6.07, 6.45) is 4.38. The van der Waals surface area contributed by atoms with Crippen LogP contribution in [-0.4, -0.2) is 0 Å². The van der Waals surface area contributed by atoms with Gasteiger partial charge in [0, 0.05) is 0 Å². The van der Waals surface area contributed by atoms with Crippen LogP contribution in [0.1, 0.15) is 11.1 Å². The average Bonchev–Trinajstić information content (AvgIpc) is 3.29. The summed E-state index contributed by atoms with van der Waals surface area (Å²) in [5, 5.41) is 12.5. The van der Waals surface area contributed by atoms with Crippen LogP contribution < -0.4 is 0 Å². The molecule has 0 heterocycles. The van der Waals surface area contributed by atoms with Gasteiger partial charge in [-0.2, -0.15) is 0 Å². The SMILES string of the molecule is C(=Cc1cccc(-c2cccc3c(-c4ccc5c(-c6ccc7ccccc7c6)c6ccccc6c(-c6ccc7ccccc7c6)c5c4)cccc23)c1)c1ccccc1. The van der Waals surface area contributed by atoms with E-state index >= 15 is 0 Å². The number of hydrogen-bond acceptors (Lipinski definition) is 0.